The third-order valence-electron chi connectivity index (χ3n) is 10.3. The van der Waals surface area contributed by atoms with Crippen molar-refractivity contribution in [1.82, 2.24) is 5.32 Å². The Bertz CT molecular complexity index is 812. The summed E-state index contributed by atoms with van der Waals surface area (Å²) < 4.78 is 5.34. The van der Waals surface area contributed by atoms with Crippen LogP contribution in [0.2, 0.25) is 0 Å². The molecular weight excluding hydrogens is 398 g/mol. The van der Waals surface area contributed by atoms with E-state index in [4.69, 9.17) is 4.74 Å². The number of carbonyl (C=O) groups excluding carboxylic acids is 1. The topological polar surface area (TPSA) is 58.6 Å². The Morgan fingerprint density at radius 1 is 1.03 bits per heavy atom. The molecule has 0 bridgehead atoms. The highest BCUT2D eigenvalue weighted by Gasteiger charge is 2.57. The fourth-order valence-corrected chi connectivity index (χ4v) is 8.71. The van der Waals surface area contributed by atoms with Crippen molar-refractivity contribution in [3.05, 3.63) is 35.9 Å². The van der Waals surface area contributed by atoms with Gasteiger partial charge in [-0.15, -0.1) is 0 Å². The van der Waals surface area contributed by atoms with E-state index in [2.05, 4.69) is 12.2 Å². The zero-order valence-corrected chi connectivity index (χ0v) is 19.9. The largest absolute Gasteiger partial charge is 0.387 e. The molecule has 32 heavy (non-hydrogen) atoms. The molecule has 0 aromatic heterocycles. The Labute approximate surface area is 193 Å². The number of hydrogen-bond donors (Lipinski definition) is 2. The van der Waals surface area contributed by atoms with Crippen LogP contribution in [0.25, 0.3) is 0 Å². The number of nitrogens with one attached hydrogen (secondary N) is 1. The first-order valence-electron chi connectivity index (χ1n) is 13.0. The van der Waals surface area contributed by atoms with Crippen LogP contribution in [0.4, 0.5) is 0 Å². The maximum absolute atomic E-state index is 12.6. The fourth-order valence-electron chi connectivity index (χ4n) is 8.71. The number of amides is 1. The zero-order valence-electron chi connectivity index (χ0n) is 19.9. The lowest BCUT2D eigenvalue weighted by molar-refractivity contribution is -0.124. The van der Waals surface area contributed by atoms with Crippen LogP contribution in [0.1, 0.15) is 75.1 Å². The van der Waals surface area contributed by atoms with Gasteiger partial charge in [-0.05, 0) is 111 Å². The van der Waals surface area contributed by atoms with Crippen LogP contribution in [0.15, 0.2) is 30.3 Å². The molecule has 1 aromatic rings. The van der Waals surface area contributed by atoms with Gasteiger partial charge in [0.2, 0.25) is 0 Å². The molecule has 4 nitrogen and oxygen atoms in total. The Morgan fingerprint density at radius 2 is 1.81 bits per heavy atom. The molecular formula is C28H41NO3. The first-order valence-corrected chi connectivity index (χ1v) is 13.0. The molecule has 4 heteroatoms. The average molecular weight is 440 g/mol. The first-order chi connectivity index (χ1) is 15.4. The van der Waals surface area contributed by atoms with Crippen LogP contribution >= 0.6 is 0 Å². The molecule has 0 unspecified atom stereocenters. The van der Waals surface area contributed by atoms with Crippen molar-refractivity contribution in [2.24, 2.45) is 40.9 Å². The number of fused-ring (bicyclic) bond motifs is 5. The highest BCUT2D eigenvalue weighted by atomic mass is 16.5. The molecule has 0 aliphatic heterocycles. The minimum absolute atomic E-state index is 0.0672. The highest BCUT2D eigenvalue weighted by molar-refractivity contribution is 5.94. The van der Waals surface area contributed by atoms with Crippen molar-refractivity contribution in [1.29, 1.82) is 0 Å². The predicted molar refractivity (Wildman–Crippen MR) is 126 cm³/mol. The van der Waals surface area contributed by atoms with E-state index in [1.54, 1.807) is 7.11 Å². The summed E-state index contributed by atoms with van der Waals surface area (Å²) in [7, 11) is 1.71. The molecule has 4 aliphatic rings. The standard InChI is InChI=1S/C28H41NO3/c1-27-14-12-23-22-13-15-28(31,18-32-2)16-20(22)8-10-24(23)25(27)11-9-21(27)17-29-26(30)19-6-4-3-5-7-19/h3-7,20-25,31H,8-18H2,1-2H3,(H,29,30)/t20-,21-,22+,23-,24-,25+,27-,28-/m1/s1. The monoisotopic (exact) mass is 439 g/mol. The van der Waals surface area contributed by atoms with Gasteiger partial charge in [0.1, 0.15) is 0 Å². The van der Waals surface area contributed by atoms with Gasteiger partial charge in [0.05, 0.1) is 12.2 Å². The summed E-state index contributed by atoms with van der Waals surface area (Å²) in [6.45, 7) is 3.83. The third-order valence-corrected chi connectivity index (χ3v) is 10.3. The molecule has 0 saturated heterocycles. The molecule has 0 radical (unpaired) electrons. The second-order valence-corrected chi connectivity index (χ2v) is 11.7. The summed E-state index contributed by atoms with van der Waals surface area (Å²) in [6, 6.07) is 9.62. The smallest absolute Gasteiger partial charge is 0.251 e. The summed E-state index contributed by atoms with van der Waals surface area (Å²) in [5.74, 6) is 4.63. The molecule has 8 atom stereocenters. The summed E-state index contributed by atoms with van der Waals surface area (Å²) in [4.78, 5) is 12.6. The molecule has 2 N–H and O–H groups in total. The lowest BCUT2D eigenvalue weighted by Crippen LogP contribution is -2.52. The molecule has 176 valence electrons. The van der Waals surface area contributed by atoms with Crippen molar-refractivity contribution in [2.75, 3.05) is 20.3 Å². The number of hydrogen-bond acceptors (Lipinski definition) is 3. The van der Waals surface area contributed by atoms with E-state index in [0.717, 1.165) is 48.6 Å². The molecule has 4 saturated carbocycles. The van der Waals surface area contributed by atoms with Crippen molar-refractivity contribution in [2.45, 2.75) is 70.3 Å². The molecule has 0 spiro atoms. The van der Waals surface area contributed by atoms with Crippen LogP contribution < -0.4 is 5.32 Å². The van der Waals surface area contributed by atoms with Gasteiger partial charge in [0.15, 0.2) is 0 Å². The SMILES string of the molecule is COC[C@@]1(O)CC[C@H]2[C@H](CC[C@@H]3[C@@H]2CC[C@]2(C)[C@@H](CNC(=O)c4ccccc4)CC[C@@H]32)C1. The van der Waals surface area contributed by atoms with E-state index in [9.17, 15) is 9.90 Å². The second kappa shape index (κ2) is 8.76. The van der Waals surface area contributed by atoms with E-state index in [1.807, 2.05) is 30.3 Å². The van der Waals surface area contributed by atoms with Crippen molar-refractivity contribution < 1.29 is 14.6 Å². The molecule has 4 aliphatic carbocycles. The normalized spacial score (nSPS) is 43.1. The Balaban J connectivity index is 1.23. The molecule has 1 aromatic carbocycles. The van der Waals surface area contributed by atoms with E-state index in [-0.39, 0.29) is 5.91 Å². The fraction of sp³-hybridized carbons (Fsp3) is 0.750. The van der Waals surface area contributed by atoms with Crippen LogP contribution in [-0.4, -0.2) is 36.9 Å². The predicted octanol–water partition coefficient (Wildman–Crippen LogP) is 5.06. The van der Waals surface area contributed by atoms with Gasteiger partial charge < -0.3 is 15.2 Å². The van der Waals surface area contributed by atoms with Gasteiger partial charge in [0.25, 0.3) is 5.91 Å². The molecule has 5 rings (SSSR count). The lowest BCUT2D eigenvalue weighted by Gasteiger charge is -2.57. The average Bonchev–Trinajstić information content (AvgIpc) is 3.14. The number of carbonyl (C=O) groups is 1. The minimum Gasteiger partial charge on any atom is -0.387 e. The summed E-state index contributed by atoms with van der Waals surface area (Å²) in [5, 5.41) is 14.2. The van der Waals surface area contributed by atoms with Crippen LogP contribution in [0, 0.1) is 40.9 Å². The molecule has 0 heterocycles. The van der Waals surface area contributed by atoms with Crippen LogP contribution in [0.3, 0.4) is 0 Å². The van der Waals surface area contributed by atoms with Crippen molar-refractivity contribution in [3.63, 3.8) is 0 Å². The molecule has 1 amide bonds. The van der Waals surface area contributed by atoms with Gasteiger partial charge in [-0.3, -0.25) is 4.79 Å². The first kappa shape index (κ1) is 22.4. The second-order valence-electron chi connectivity index (χ2n) is 11.7. The zero-order chi connectivity index (χ0) is 22.3. The molecule has 4 fully saturated rings. The van der Waals surface area contributed by atoms with E-state index in [1.165, 1.54) is 44.9 Å². The van der Waals surface area contributed by atoms with Gasteiger partial charge in [-0.2, -0.15) is 0 Å². The van der Waals surface area contributed by atoms with Gasteiger partial charge in [0, 0.05) is 19.2 Å². The maximum atomic E-state index is 12.6. The Kier molecular flexibility index (Phi) is 6.13. The number of benzene rings is 1. The van der Waals surface area contributed by atoms with Crippen LogP contribution in [-0.2, 0) is 4.74 Å². The third kappa shape index (κ3) is 3.92. The number of aliphatic hydroxyl groups is 1. The van der Waals surface area contributed by atoms with E-state index < -0.39 is 5.60 Å². The number of rotatable bonds is 5. The highest BCUT2D eigenvalue weighted by Crippen LogP contribution is 2.64. The van der Waals surface area contributed by atoms with E-state index in [0.29, 0.717) is 23.9 Å². The van der Waals surface area contributed by atoms with Gasteiger partial charge >= 0.3 is 0 Å². The Morgan fingerprint density at radius 3 is 2.59 bits per heavy atom. The number of ether oxygens (including phenoxy) is 1. The van der Waals surface area contributed by atoms with Crippen molar-refractivity contribution >= 4 is 5.91 Å². The minimum atomic E-state index is -0.596. The van der Waals surface area contributed by atoms with Crippen molar-refractivity contribution in [3.8, 4) is 0 Å². The number of methoxy groups -OCH3 is 1. The summed E-state index contributed by atoms with van der Waals surface area (Å²) in [6.07, 6.45) is 10.8. The summed E-state index contributed by atoms with van der Waals surface area (Å²) in [5.41, 5.74) is 0.532. The summed E-state index contributed by atoms with van der Waals surface area (Å²) >= 11 is 0. The lowest BCUT2D eigenvalue weighted by atomic mass is 9.49. The van der Waals surface area contributed by atoms with Crippen LogP contribution in [0.5, 0.6) is 0 Å². The quantitative estimate of drug-likeness (QED) is 0.674. The Hall–Kier alpha value is -1.39. The maximum Gasteiger partial charge on any atom is 0.251 e. The van der Waals surface area contributed by atoms with Gasteiger partial charge in [-0.1, -0.05) is 25.1 Å². The van der Waals surface area contributed by atoms with E-state index >= 15 is 0 Å². The van der Waals surface area contributed by atoms with Gasteiger partial charge in [-0.25, -0.2) is 0 Å².